The molecule has 4 aliphatic carbocycles. The Bertz CT molecular complexity index is 648. The van der Waals surface area contributed by atoms with Crippen molar-refractivity contribution in [3.8, 4) is 0 Å². The Morgan fingerprint density at radius 1 is 0.806 bits per heavy atom. The van der Waals surface area contributed by atoms with Crippen LogP contribution in [0.25, 0.3) is 0 Å². The van der Waals surface area contributed by atoms with Gasteiger partial charge in [-0.3, -0.25) is 0 Å². The number of aliphatic hydroxyl groups is 3. The van der Waals surface area contributed by atoms with Crippen LogP contribution in [0.3, 0.4) is 0 Å². The molecule has 0 aromatic carbocycles. The SMILES string of the molecule is CC(C)[C@@H](C)CC[C@@H](C)[C@@H]1CC[C@@H]2[C@]1(C)CC[C@@H]1[C@@]3(C)CC[C@H](O)C[C@@H]3C[C@@H](O)[C@@]12O. The molecule has 0 spiro atoms. The van der Waals surface area contributed by atoms with Crippen LogP contribution >= 0.6 is 0 Å². The summed E-state index contributed by atoms with van der Waals surface area (Å²) in [4.78, 5) is 0. The zero-order valence-corrected chi connectivity index (χ0v) is 21.1. The minimum absolute atomic E-state index is 0.0605. The lowest BCUT2D eigenvalue weighted by atomic mass is 9.42. The first-order valence-electron chi connectivity index (χ1n) is 13.5. The van der Waals surface area contributed by atoms with Crippen molar-refractivity contribution in [2.24, 2.45) is 52.3 Å². The van der Waals surface area contributed by atoms with E-state index in [1.807, 2.05) is 0 Å². The van der Waals surface area contributed by atoms with Crippen LogP contribution in [0.4, 0.5) is 0 Å². The number of aliphatic hydroxyl groups excluding tert-OH is 2. The van der Waals surface area contributed by atoms with Gasteiger partial charge in [0, 0.05) is 0 Å². The highest BCUT2D eigenvalue weighted by Gasteiger charge is 2.69. The number of fused-ring (bicyclic) bond motifs is 5. The molecule has 3 heteroatoms. The van der Waals surface area contributed by atoms with E-state index in [9.17, 15) is 15.3 Å². The van der Waals surface area contributed by atoms with E-state index in [1.54, 1.807) is 0 Å². The normalized spacial score (nSPS) is 51.7. The highest BCUT2D eigenvalue weighted by atomic mass is 16.3. The van der Waals surface area contributed by atoms with Crippen molar-refractivity contribution < 1.29 is 15.3 Å². The third-order valence-electron chi connectivity index (χ3n) is 11.7. The second kappa shape index (κ2) is 8.27. The van der Waals surface area contributed by atoms with E-state index in [0.717, 1.165) is 43.9 Å². The summed E-state index contributed by atoms with van der Waals surface area (Å²) in [5.74, 6) is 3.59. The molecule has 4 fully saturated rings. The van der Waals surface area contributed by atoms with Crippen molar-refractivity contribution in [3.63, 3.8) is 0 Å². The largest absolute Gasteiger partial charge is 0.393 e. The molecule has 0 aromatic heterocycles. The predicted octanol–water partition coefficient (Wildman–Crippen LogP) is 5.80. The Kier molecular flexibility index (Phi) is 6.41. The van der Waals surface area contributed by atoms with E-state index in [-0.39, 0.29) is 28.8 Å². The fraction of sp³-hybridized carbons (Fsp3) is 1.00. The molecule has 4 rings (SSSR count). The summed E-state index contributed by atoms with van der Waals surface area (Å²) in [6.07, 6.45) is 9.54. The van der Waals surface area contributed by atoms with Crippen LogP contribution in [0.2, 0.25) is 0 Å². The molecular weight excluding hydrogens is 384 g/mol. The lowest BCUT2D eigenvalue weighted by Crippen LogP contribution is -2.69. The fourth-order valence-corrected chi connectivity index (χ4v) is 9.31. The Morgan fingerprint density at radius 3 is 2.13 bits per heavy atom. The molecule has 0 radical (unpaired) electrons. The second-order valence-electron chi connectivity index (χ2n) is 13.4. The molecule has 0 aliphatic heterocycles. The van der Waals surface area contributed by atoms with E-state index < -0.39 is 11.7 Å². The van der Waals surface area contributed by atoms with Gasteiger partial charge >= 0.3 is 0 Å². The van der Waals surface area contributed by atoms with Gasteiger partial charge in [0.05, 0.1) is 17.8 Å². The molecule has 3 N–H and O–H groups in total. The molecule has 0 unspecified atom stereocenters. The van der Waals surface area contributed by atoms with Crippen LogP contribution < -0.4 is 0 Å². The second-order valence-corrected chi connectivity index (χ2v) is 13.4. The molecule has 0 aromatic rings. The first-order chi connectivity index (χ1) is 14.4. The van der Waals surface area contributed by atoms with Crippen molar-refractivity contribution in [2.45, 2.75) is 124 Å². The molecule has 180 valence electrons. The molecule has 0 saturated heterocycles. The van der Waals surface area contributed by atoms with E-state index in [4.69, 9.17) is 0 Å². The molecule has 3 nitrogen and oxygen atoms in total. The van der Waals surface area contributed by atoms with Crippen molar-refractivity contribution in [2.75, 3.05) is 0 Å². The first-order valence-corrected chi connectivity index (χ1v) is 13.5. The van der Waals surface area contributed by atoms with E-state index in [0.29, 0.717) is 24.2 Å². The van der Waals surface area contributed by atoms with Gasteiger partial charge in [0.15, 0.2) is 0 Å². The van der Waals surface area contributed by atoms with Crippen LogP contribution in [0, 0.1) is 52.3 Å². The topological polar surface area (TPSA) is 60.7 Å². The summed E-state index contributed by atoms with van der Waals surface area (Å²) >= 11 is 0. The molecule has 4 saturated carbocycles. The van der Waals surface area contributed by atoms with Crippen molar-refractivity contribution in [1.29, 1.82) is 0 Å². The van der Waals surface area contributed by atoms with Gasteiger partial charge in [0.25, 0.3) is 0 Å². The monoisotopic (exact) mass is 434 g/mol. The van der Waals surface area contributed by atoms with Gasteiger partial charge in [0.2, 0.25) is 0 Å². The van der Waals surface area contributed by atoms with E-state index >= 15 is 0 Å². The van der Waals surface area contributed by atoms with E-state index in [2.05, 4.69) is 41.5 Å². The maximum Gasteiger partial charge on any atom is 0.0971 e. The molecule has 4 aliphatic rings. The Hall–Kier alpha value is -0.120. The van der Waals surface area contributed by atoms with Crippen LogP contribution in [0.1, 0.15) is 106 Å². The standard InChI is InChI=1S/C28H50O3/c1-17(2)18(3)7-8-19(4)22-9-10-23-27(22,6)14-12-24-26(5)13-11-21(29)15-20(26)16-25(30)28(23,24)31/h17-25,29-31H,7-16H2,1-6H3/t18-,19+,20+,21-,22-,23+,24+,25+,26-,27+,28-/m0/s1. The summed E-state index contributed by atoms with van der Waals surface area (Å²) in [7, 11) is 0. The van der Waals surface area contributed by atoms with Gasteiger partial charge in [-0.2, -0.15) is 0 Å². The molecule has 0 heterocycles. The van der Waals surface area contributed by atoms with Crippen molar-refractivity contribution in [1.82, 2.24) is 0 Å². The summed E-state index contributed by atoms with van der Waals surface area (Å²) in [5.41, 5.74) is -0.741. The molecular formula is C28H50O3. The average molecular weight is 435 g/mol. The zero-order valence-electron chi connectivity index (χ0n) is 21.1. The number of hydrogen-bond acceptors (Lipinski definition) is 3. The van der Waals surface area contributed by atoms with Crippen LogP contribution in [-0.2, 0) is 0 Å². The fourth-order valence-electron chi connectivity index (χ4n) is 9.31. The van der Waals surface area contributed by atoms with E-state index in [1.165, 1.54) is 25.7 Å². The van der Waals surface area contributed by atoms with Crippen LogP contribution in [0.5, 0.6) is 0 Å². The number of hydrogen-bond donors (Lipinski definition) is 3. The Morgan fingerprint density at radius 2 is 1.45 bits per heavy atom. The molecule has 31 heavy (non-hydrogen) atoms. The van der Waals surface area contributed by atoms with Gasteiger partial charge < -0.3 is 15.3 Å². The summed E-state index contributed by atoms with van der Waals surface area (Å²) in [6, 6.07) is 0. The summed E-state index contributed by atoms with van der Waals surface area (Å²) in [6.45, 7) is 14.3. The zero-order chi connectivity index (χ0) is 22.8. The van der Waals surface area contributed by atoms with Crippen molar-refractivity contribution in [3.05, 3.63) is 0 Å². The highest BCUT2D eigenvalue weighted by molar-refractivity contribution is 5.19. The molecule has 0 amide bonds. The van der Waals surface area contributed by atoms with Crippen LogP contribution in [0.15, 0.2) is 0 Å². The summed E-state index contributed by atoms with van der Waals surface area (Å²) < 4.78 is 0. The summed E-state index contributed by atoms with van der Waals surface area (Å²) in [5, 5.41) is 34.0. The maximum absolute atomic E-state index is 12.3. The minimum atomic E-state index is -0.944. The van der Waals surface area contributed by atoms with Gasteiger partial charge in [-0.05, 0) is 104 Å². The van der Waals surface area contributed by atoms with Gasteiger partial charge in [-0.15, -0.1) is 0 Å². The average Bonchev–Trinajstić information content (AvgIpc) is 3.06. The maximum atomic E-state index is 12.3. The van der Waals surface area contributed by atoms with Gasteiger partial charge in [0.1, 0.15) is 0 Å². The number of rotatable bonds is 5. The molecule has 0 bridgehead atoms. The Labute approximate surface area is 191 Å². The Balaban J connectivity index is 1.56. The van der Waals surface area contributed by atoms with Crippen molar-refractivity contribution >= 4 is 0 Å². The lowest BCUT2D eigenvalue weighted by Gasteiger charge is -2.66. The third kappa shape index (κ3) is 3.64. The predicted molar refractivity (Wildman–Crippen MR) is 126 cm³/mol. The van der Waals surface area contributed by atoms with Gasteiger partial charge in [-0.1, -0.05) is 54.4 Å². The highest BCUT2D eigenvalue weighted by Crippen LogP contribution is 2.69. The van der Waals surface area contributed by atoms with Gasteiger partial charge in [-0.25, -0.2) is 0 Å². The third-order valence-corrected chi connectivity index (χ3v) is 11.7. The van der Waals surface area contributed by atoms with Crippen LogP contribution in [-0.4, -0.2) is 33.1 Å². The lowest BCUT2D eigenvalue weighted by molar-refractivity contribution is -0.271. The smallest absolute Gasteiger partial charge is 0.0971 e. The first kappa shape index (κ1) is 24.0. The minimum Gasteiger partial charge on any atom is -0.393 e. The quantitative estimate of drug-likeness (QED) is 0.512. The molecule has 11 atom stereocenters.